The van der Waals surface area contributed by atoms with Gasteiger partial charge in [-0.15, -0.1) is 0 Å². The molecule has 0 saturated carbocycles. The number of anilines is 1. The van der Waals surface area contributed by atoms with Crippen LogP contribution in [-0.4, -0.2) is 38.8 Å². The van der Waals surface area contributed by atoms with Gasteiger partial charge in [0.1, 0.15) is 21.8 Å². The minimum atomic E-state index is -0.298. The van der Waals surface area contributed by atoms with Crippen LogP contribution in [0.2, 0.25) is 0 Å². The van der Waals surface area contributed by atoms with Gasteiger partial charge in [-0.1, -0.05) is 37.8 Å². The summed E-state index contributed by atoms with van der Waals surface area (Å²) in [6.07, 6.45) is 4.73. The lowest BCUT2D eigenvalue weighted by Crippen LogP contribution is -2.38. The van der Waals surface area contributed by atoms with Gasteiger partial charge in [-0.3, -0.25) is 19.1 Å². The van der Waals surface area contributed by atoms with Gasteiger partial charge in [-0.25, -0.2) is 0 Å². The SMILES string of the molecule is CC[C@H](C)N1C(=O)/C(=C\c2c(C)c(C#N)c(=O)n(C)c2N2CCC(C)CC2)SC1=S. The molecule has 0 N–H and O–H groups in total. The molecule has 8 heteroatoms. The van der Waals surface area contributed by atoms with Gasteiger partial charge in [-0.2, -0.15) is 5.26 Å². The Bertz CT molecular complexity index is 1010. The van der Waals surface area contributed by atoms with Gasteiger partial charge in [0.2, 0.25) is 0 Å². The van der Waals surface area contributed by atoms with Crippen molar-refractivity contribution in [3.63, 3.8) is 0 Å². The van der Waals surface area contributed by atoms with Gasteiger partial charge < -0.3 is 4.90 Å². The average molecular weight is 445 g/mol. The Hall–Kier alpha value is -2.11. The maximum absolute atomic E-state index is 13.1. The lowest BCUT2D eigenvalue weighted by Gasteiger charge is -2.34. The zero-order valence-corrected chi connectivity index (χ0v) is 19.8. The predicted molar refractivity (Wildman–Crippen MR) is 127 cm³/mol. The Morgan fingerprint density at radius 3 is 2.53 bits per heavy atom. The van der Waals surface area contributed by atoms with Crippen molar-refractivity contribution in [1.29, 1.82) is 5.26 Å². The van der Waals surface area contributed by atoms with Crippen LogP contribution in [0.4, 0.5) is 5.82 Å². The number of nitriles is 1. The first-order valence-corrected chi connectivity index (χ1v) is 11.6. The lowest BCUT2D eigenvalue weighted by molar-refractivity contribution is -0.123. The number of pyridine rings is 1. The molecule has 2 aliphatic rings. The van der Waals surface area contributed by atoms with E-state index in [2.05, 4.69) is 17.9 Å². The second-order valence-corrected chi connectivity index (χ2v) is 9.87. The first-order chi connectivity index (χ1) is 14.2. The topological polar surface area (TPSA) is 69.3 Å². The van der Waals surface area contributed by atoms with Crippen LogP contribution in [0.3, 0.4) is 0 Å². The minimum Gasteiger partial charge on any atom is -0.357 e. The van der Waals surface area contributed by atoms with Crippen molar-refractivity contribution in [3.8, 4) is 6.07 Å². The van der Waals surface area contributed by atoms with Crippen molar-refractivity contribution in [1.82, 2.24) is 9.47 Å². The van der Waals surface area contributed by atoms with Crippen LogP contribution in [0.25, 0.3) is 6.08 Å². The van der Waals surface area contributed by atoms with E-state index in [4.69, 9.17) is 12.2 Å². The van der Waals surface area contributed by atoms with Gasteiger partial charge in [0.25, 0.3) is 11.5 Å². The van der Waals surface area contributed by atoms with E-state index in [9.17, 15) is 14.9 Å². The van der Waals surface area contributed by atoms with Crippen LogP contribution in [-0.2, 0) is 11.8 Å². The molecule has 0 bridgehead atoms. The molecular weight excluding hydrogens is 416 g/mol. The van der Waals surface area contributed by atoms with Crippen LogP contribution in [0.15, 0.2) is 9.70 Å². The largest absolute Gasteiger partial charge is 0.357 e. The predicted octanol–water partition coefficient (Wildman–Crippen LogP) is 3.80. The summed E-state index contributed by atoms with van der Waals surface area (Å²) in [5.74, 6) is 1.31. The van der Waals surface area contributed by atoms with Gasteiger partial charge >= 0.3 is 0 Å². The standard InChI is InChI=1S/C22H28N4O2S2/c1-6-14(3)26-21(28)18(30-22(26)29)11-16-15(4)17(12-23)20(27)24(5)19(16)25-9-7-13(2)8-10-25/h11,13-14H,6-10H2,1-5H3/b18-11+/t14-/m0/s1. The van der Waals surface area contributed by atoms with Gasteiger partial charge in [0, 0.05) is 31.7 Å². The highest BCUT2D eigenvalue weighted by atomic mass is 32.2. The highest BCUT2D eigenvalue weighted by Crippen LogP contribution is 2.37. The number of piperidine rings is 1. The van der Waals surface area contributed by atoms with Gasteiger partial charge in [-0.05, 0) is 50.7 Å². The molecule has 6 nitrogen and oxygen atoms in total. The smallest absolute Gasteiger partial charge is 0.270 e. The van der Waals surface area contributed by atoms with E-state index in [-0.39, 0.29) is 23.1 Å². The van der Waals surface area contributed by atoms with Crippen LogP contribution in [0, 0.1) is 24.2 Å². The molecule has 2 saturated heterocycles. The summed E-state index contributed by atoms with van der Waals surface area (Å²) in [7, 11) is 1.71. The van der Waals surface area contributed by atoms with Crippen molar-refractivity contribution in [2.45, 2.75) is 53.0 Å². The number of carbonyl (C=O) groups excluding carboxylic acids is 1. The van der Waals surface area contributed by atoms with Crippen LogP contribution < -0.4 is 10.5 Å². The number of hydrogen-bond acceptors (Lipinski definition) is 6. The zero-order valence-electron chi connectivity index (χ0n) is 18.2. The van der Waals surface area contributed by atoms with Gasteiger partial charge in [0.15, 0.2) is 0 Å². The highest BCUT2D eigenvalue weighted by Gasteiger charge is 2.35. The number of hydrogen-bond donors (Lipinski definition) is 0. The molecular formula is C22H28N4O2S2. The molecule has 0 spiro atoms. The normalized spacial score (nSPS) is 20.2. The summed E-state index contributed by atoms with van der Waals surface area (Å²) in [5, 5.41) is 9.59. The average Bonchev–Trinajstić information content (AvgIpc) is 3.00. The summed E-state index contributed by atoms with van der Waals surface area (Å²) >= 11 is 6.75. The molecule has 1 atom stereocenters. The number of thiocarbonyl (C=S) groups is 1. The number of rotatable bonds is 4. The maximum Gasteiger partial charge on any atom is 0.270 e. The van der Waals surface area contributed by atoms with Crippen molar-refractivity contribution < 1.29 is 4.79 Å². The summed E-state index contributed by atoms with van der Waals surface area (Å²) in [5.41, 5.74) is 1.19. The lowest BCUT2D eigenvalue weighted by atomic mass is 9.97. The van der Waals surface area contributed by atoms with E-state index >= 15 is 0 Å². The fourth-order valence-electron chi connectivity index (χ4n) is 3.99. The van der Waals surface area contributed by atoms with Crippen molar-refractivity contribution in [3.05, 3.63) is 31.9 Å². The molecule has 0 aromatic carbocycles. The summed E-state index contributed by atoms with van der Waals surface area (Å²) < 4.78 is 2.11. The molecule has 1 amide bonds. The molecule has 160 valence electrons. The number of thioether (sulfide) groups is 1. The van der Waals surface area contributed by atoms with Crippen LogP contribution in [0.1, 0.15) is 56.7 Å². The molecule has 2 aliphatic heterocycles. The van der Waals surface area contributed by atoms with Crippen LogP contribution >= 0.6 is 24.0 Å². The molecule has 0 unspecified atom stereocenters. The summed E-state index contributed by atoms with van der Waals surface area (Å²) in [6, 6.07) is 2.08. The van der Waals surface area contributed by atoms with E-state index in [0.717, 1.165) is 43.7 Å². The summed E-state index contributed by atoms with van der Waals surface area (Å²) in [4.78, 5) is 30.3. The Morgan fingerprint density at radius 1 is 1.33 bits per heavy atom. The first-order valence-electron chi connectivity index (χ1n) is 10.4. The van der Waals surface area contributed by atoms with Crippen molar-refractivity contribution in [2.75, 3.05) is 18.0 Å². The Kier molecular flexibility index (Phi) is 6.73. The Labute approximate surface area is 187 Å². The number of nitrogens with zero attached hydrogens (tertiary/aromatic N) is 4. The molecule has 30 heavy (non-hydrogen) atoms. The maximum atomic E-state index is 13.1. The quantitative estimate of drug-likeness (QED) is 0.520. The second-order valence-electron chi connectivity index (χ2n) is 8.19. The van der Waals surface area contributed by atoms with Crippen molar-refractivity contribution >= 4 is 46.1 Å². The molecule has 0 aliphatic carbocycles. The molecule has 0 radical (unpaired) electrons. The molecule has 3 rings (SSSR count). The third-order valence-electron chi connectivity index (χ3n) is 6.18. The van der Waals surface area contributed by atoms with E-state index in [1.165, 1.54) is 11.8 Å². The number of aromatic nitrogens is 1. The molecule has 1 aromatic heterocycles. The fourth-order valence-corrected chi connectivity index (χ4v) is 5.43. The van der Waals surface area contributed by atoms with E-state index < -0.39 is 0 Å². The van der Waals surface area contributed by atoms with Crippen molar-refractivity contribution in [2.24, 2.45) is 13.0 Å². The Balaban J connectivity index is 2.16. The molecule has 3 heterocycles. The number of amides is 1. The van der Waals surface area contributed by atoms with E-state index in [1.807, 2.05) is 19.9 Å². The fraction of sp³-hybridized carbons (Fsp3) is 0.545. The third-order valence-corrected chi connectivity index (χ3v) is 7.51. The number of carbonyl (C=O) groups is 1. The third kappa shape index (κ3) is 3.93. The highest BCUT2D eigenvalue weighted by molar-refractivity contribution is 8.26. The second kappa shape index (κ2) is 8.94. The zero-order chi connectivity index (χ0) is 22.2. The van der Waals surface area contributed by atoms with E-state index in [1.54, 1.807) is 23.4 Å². The monoisotopic (exact) mass is 444 g/mol. The van der Waals surface area contributed by atoms with E-state index in [0.29, 0.717) is 20.7 Å². The minimum absolute atomic E-state index is 0.0300. The summed E-state index contributed by atoms with van der Waals surface area (Å²) in [6.45, 7) is 9.72. The first kappa shape index (κ1) is 22.6. The van der Waals surface area contributed by atoms with Crippen LogP contribution in [0.5, 0.6) is 0 Å². The molecule has 2 fully saturated rings. The Morgan fingerprint density at radius 2 is 1.97 bits per heavy atom. The van der Waals surface area contributed by atoms with Gasteiger partial charge in [0.05, 0.1) is 4.91 Å². The molecule has 1 aromatic rings.